The summed E-state index contributed by atoms with van der Waals surface area (Å²) in [6, 6.07) is 0.420. The van der Waals surface area contributed by atoms with Crippen molar-refractivity contribution in [3.05, 3.63) is 0 Å². The van der Waals surface area contributed by atoms with E-state index < -0.39 is 0 Å². The first kappa shape index (κ1) is 18.5. The van der Waals surface area contributed by atoms with Crippen LogP contribution in [0, 0.1) is 0 Å². The van der Waals surface area contributed by atoms with Gasteiger partial charge in [-0.2, -0.15) is 0 Å². The third-order valence-electron chi connectivity index (χ3n) is 5.54. The van der Waals surface area contributed by atoms with Crippen molar-refractivity contribution in [3.8, 4) is 0 Å². The second-order valence-corrected chi connectivity index (χ2v) is 7.57. The summed E-state index contributed by atoms with van der Waals surface area (Å²) in [5.74, 6) is 0.176. The molecule has 3 rings (SSSR count). The number of hydrogen-bond acceptors (Lipinski definition) is 4. The molecule has 7 heteroatoms. The molecule has 0 radical (unpaired) electrons. The van der Waals surface area contributed by atoms with Crippen LogP contribution in [0.5, 0.6) is 0 Å². The van der Waals surface area contributed by atoms with Crippen molar-refractivity contribution in [2.24, 2.45) is 0 Å². The van der Waals surface area contributed by atoms with E-state index in [-0.39, 0.29) is 18.0 Å². The lowest BCUT2D eigenvalue weighted by Crippen LogP contribution is -2.55. The van der Waals surface area contributed by atoms with Gasteiger partial charge in [0.2, 0.25) is 5.91 Å². The lowest BCUT2D eigenvalue weighted by molar-refractivity contribution is -0.139. The highest BCUT2D eigenvalue weighted by Gasteiger charge is 2.27. The first-order valence-corrected chi connectivity index (χ1v) is 9.79. The van der Waals surface area contributed by atoms with Gasteiger partial charge in [0.25, 0.3) is 0 Å². The van der Waals surface area contributed by atoms with Crippen LogP contribution in [0.25, 0.3) is 0 Å². The van der Waals surface area contributed by atoms with Crippen LogP contribution in [-0.4, -0.2) is 91.2 Å². The number of hydrogen-bond donors (Lipinski definition) is 1. The van der Waals surface area contributed by atoms with Gasteiger partial charge in [0.1, 0.15) is 0 Å². The molecule has 25 heavy (non-hydrogen) atoms. The van der Waals surface area contributed by atoms with Crippen molar-refractivity contribution in [1.82, 2.24) is 20.0 Å². The van der Waals surface area contributed by atoms with E-state index >= 15 is 0 Å². The number of rotatable bonds is 3. The molecular weight excluding hydrogens is 320 g/mol. The molecule has 142 valence electrons. The average molecular weight is 352 g/mol. The Kier molecular flexibility index (Phi) is 6.53. The van der Waals surface area contributed by atoms with Gasteiger partial charge in [-0.25, -0.2) is 4.79 Å². The van der Waals surface area contributed by atoms with Crippen molar-refractivity contribution < 1.29 is 14.3 Å². The second kappa shape index (κ2) is 8.85. The smallest absolute Gasteiger partial charge is 0.317 e. The van der Waals surface area contributed by atoms with Crippen LogP contribution in [0.1, 0.15) is 39.0 Å². The minimum atomic E-state index is 0.0693. The van der Waals surface area contributed by atoms with Crippen molar-refractivity contribution in [1.29, 1.82) is 0 Å². The van der Waals surface area contributed by atoms with E-state index in [9.17, 15) is 9.59 Å². The predicted molar refractivity (Wildman–Crippen MR) is 95.4 cm³/mol. The summed E-state index contributed by atoms with van der Waals surface area (Å²) < 4.78 is 5.49. The Bertz CT molecular complexity index is 459. The van der Waals surface area contributed by atoms with Gasteiger partial charge in [0.05, 0.1) is 19.3 Å². The Morgan fingerprint density at radius 2 is 1.72 bits per heavy atom. The van der Waals surface area contributed by atoms with Crippen LogP contribution in [0.4, 0.5) is 4.79 Å². The number of nitrogens with zero attached hydrogens (tertiary/aromatic N) is 3. The fourth-order valence-corrected chi connectivity index (χ4v) is 3.96. The lowest BCUT2D eigenvalue weighted by atomic mass is 9.96. The van der Waals surface area contributed by atoms with E-state index in [1.807, 2.05) is 16.7 Å². The van der Waals surface area contributed by atoms with Crippen LogP contribution in [0.15, 0.2) is 0 Å². The summed E-state index contributed by atoms with van der Waals surface area (Å²) >= 11 is 0. The van der Waals surface area contributed by atoms with Crippen molar-refractivity contribution in [3.63, 3.8) is 0 Å². The predicted octanol–water partition coefficient (Wildman–Crippen LogP) is 0.894. The Hall–Kier alpha value is -1.34. The molecule has 0 bridgehead atoms. The van der Waals surface area contributed by atoms with Crippen LogP contribution in [-0.2, 0) is 9.53 Å². The van der Waals surface area contributed by atoms with Crippen LogP contribution in [0.3, 0.4) is 0 Å². The van der Waals surface area contributed by atoms with Crippen LogP contribution < -0.4 is 5.32 Å². The summed E-state index contributed by atoms with van der Waals surface area (Å²) in [6.07, 6.45) is 6.08. The summed E-state index contributed by atoms with van der Waals surface area (Å²) in [6.45, 7) is 7.38. The quantitative estimate of drug-likeness (QED) is 0.819. The number of amides is 3. The minimum Gasteiger partial charge on any atom is -0.375 e. The van der Waals surface area contributed by atoms with Crippen molar-refractivity contribution >= 4 is 11.9 Å². The molecule has 1 aliphatic carbocycles. The largest absolute Gasteiger partial charge is 0.375 e. The van der Waals surface area contributed by atoms with Gasteiger partial charge >= 0.3 is 6.03 Å². The molecule has 0 spiro atoms. The van der Waals surface area contributed by atoms with Crippen molar-refractivity contribution in [2.45, 2.75) is 51.2 Å². The number of carbonyl (C=O) groups is 2. The summed E-state index contributed by atoms with van der Waals surface area (Å²) in [4.78, 5) is 30.8. The molecule has 2 saturated heterocycles. The topological polar surface area (TPSA) is 65.1 Å². The summed E-state index contributed by atoms with van der Waals surface area (Å²) in [5.41, 5.74) is 0. The number of urea groups is 1. The molecule has 0 aromatic carbocycles. The summed E-state index contributed by atoms with van der Waals surface area (Å²) in [7, 11) is 0. The Morgan fingerprint density at radius 1 is 1.00 bits per heavy atom. The Labute approximate surface area is 150 Å². The average Bonchev–Trinajstić information content (AvgIpc) is 2.63. The standard InChI is InChI=1S/C18H32N4O3/c1-15-13-22(11-12-25-15)17(23)14-20-7-9-21(10-8-20)18(24)19-16-5-3-2-4-6-16/h15-16H,2-14H2,1H3,(H,19,24)/t15-/m1/s1. The van der Waals surface area contributed by atoms with Crippen LogP contribution >= 0.6 is 0 Å². The van der Waals surface area contributed by atoms with Crippen molar-refractivity contribution in [2.75, 3.05) is 52.4 Å². The fourth-order valence-electron chi connectivity index (χ4n) is 3.96. The van der Waals surface area contributed by atoms with E-state index in [1.165, 1.54) is 19.3 Å². The van der Waals surface area contributed by atoms with Gasteiger partial charge in [-0.15, -0.1) is 0 Å². The molecule has 3 aliphatic rings. The number of carbonyl (C=O) groups excluding carboxylic acids is 2. The van der Waals surface area contributed by atoms with E-state index in [1.54, 1.807) is 0 Å². The zero-order valence-corrected chi connectivity index (χ0v) is 15.4. The minimum absolute atomic E-state index is 0.0693. The van der Waals surface area contributed by atoms with Gasteiger partial charge in [-0.05, 0) is 19.8 Å². The molecule has 1 atom stereocenters. The molecule has 0 unspecified atom stereocenters. The first-order chi connectivity index (χ1) is 12.1. The monoisotopic (exact) mass is 352 g/mol. The third kappa shape index (κ3) is 5.31. The Morgan fingerprint density at radius 3 is 2.40 bits per heavy atom. The van der Waals surface area contributed by atoms with E-state index in [2.05, 4.69) is 10.2 Å². The number of morpholine rings is 1. The first-order valence-electron chi connectivity index (χ1n) is 9.79. The molecule has 2 heterocycles. The van der Waals surface area contributed by atoms with Gasteiger partial charge in [-0.1, -0.05) is 19.3 Å². The van der Waals surface area contributed by atoms with E-state index in [0.29, 0.717) is 45.4 Å². The highest BCUT2D eigenvalue weighted by Crippen LogP contribution is 2.17. The SMILES string of the molecule is C[C@@H]1CN(C(=O)CN2CCN(C(=O)NC3CCCCC3)CC2)CCO1. The molecule has 7 nitrogen and oxygen atoms in total. The third-order valence-corrected chi connectivity index (χ3v) is 5.54. The van der Waals surface area contributed by atoms with Gasteiger partial charge in [0, 0.05) is 45.3 Å². The highest BCUT2D eigenvalue weighted by atomic mass is 16.5. The maximum absolute atomic E-state index is 12.4. The van der Waals surface area contributed by atoms with Gasteiger partial charge in [-0.3, -0.25) is 9.69 Å². The highest BCUT2D eigenvalue weighted by molar-refractivity contribution is 5.78. The second-order valence-electron chi connectivity index (χ2n) is 7.57. The molecule has 1 N–H and O–H groups in total. The van der Waals surface area contributed by atoms with E-state index in [4.69, 9.17) is 4.74 Å². The molecule has 2 aliphatic heterocycles. The normalized spacial score (nSPS) is 26.5. The maximum Gasteiger partial charge on any atom is 0.317 e. The van der Waals surface area contributed by atoms with E-state index in [0.717, 1.165) is 25.9 Å². The van der Waals surface area contributed by atoms with Gasteiger partial charge in [0.15, 0.2) is 0 Å². The fraction of sp³-hybridized carbons (Fsp3) is 0.889. The molecular formula is C18H32N4O3. The molecule has 0 aromatic heterocycles. The number of ether oxygens (including phenoxy) is 1. The molecule has 3 amide bonds. The molecule has 3 fully saturated rings. The maximum atomic E-state index is 12.4. The summed E-state index contributed by atoms with van der Waals surface area (Å²) in [5, 5.41) is 3.18. The zero-order valence-electron chi connectivity index (χ0n) is 15.4. The number of piperazine rings is 1. The lowest BCUT2D eigenvalue weighted by Gasteiger charge is -2.37. The zero-order chi connectivity index (χ0) is 17.6. The molecule has 1 saturated carbocycles. The van der Waals surface area contributed by atoms with Gasteiger partial charge < -0.3 is 19.9 Å². The molecule has 0 aromatic rings. The Balaban J connectivity index is 1.37. The number of nitrogens with one attached hydrogen (secondary N) is 1. The van der Waals surface area contributed by atoms with Crippen LogP contribution in [0.2, 0.25) is 0 Å².